The van der Waals surface area contributed by atoms with E-state index in [0.29, 0.717) is 17.0 Å². The highest BCUT2D eigenvalue weighted by molar-refractivity contribution is 7.14. The van der Waals surface area contributed by atoms with Crippen LogP contribution < -0.4 is 10.1 Å². The number of carbonyl (C=O) groups is 2. The van der Waals surface area contributed by atoms with Crippen molar-refractivity contribution in [1.82, 2.24) is 4.98 Å². The van der Waals surface area contributed by atoms with Crippen LogP contribution in [0.25, 0.3) is 10.6 Å². The molecule has 1 N–H and O–H groups in total. The minimum atomic E-state index is -1.15. The molecule has 162 valence electrons. The highest BCUT2D eigenvalue weighted by Crippen LogP contribution is 2.29. The van der Waals surface area contributed by atoms with E-state index < -0.39 is 18.0 Å². The molecule has 0 spiro atoms. The number of methoxy groups -OCH3 is 1. The summed E-state index contributed by atoms with van der Waals surface area (Å²) in [4.78, 5) is 30.4. The number of rotatable bonds is 7. The summed E-state index contributed by atoms with van der Waals surface area (Å²) in [6, 6.07) is 16.3. The van der Waals surface area contributed by atoms with Crippen molar-refractivity contribution in [1.29, 1.82) is 0 Å². The Hall–Kier alpha value is -3.49. The molecule has 2 aromatic heterocycles. The number of amides is 1. The number of carbonyl (C=O) groups excluding carboxylic acids is 2. The summed E-state index contributed by atoms with van der Waals surface area (Å²) in [5.74, 6) is -0.633. The molecule has 0 fully saturated rings. The quantitative estimate of drug-likeness (QED) is 0.354. The Kier molecular flexibility index (Phi) is 6.63. The Labute approximate surface area is 193 Å². The molecule has 1 atom stereocenters. The second-order valence-electron chi connectivity index (χ2n) is 6.94. The largest absolute Gasteiger partial charge is 0.495 e. The number of thiophene rings is 1. The maximum Gasteiger partial charge on any atom is 0.358 e. The molecule has 2 heterocycles. The number of hydrogen-bond acceptors (Lipinski definition) is 7. The highest BCUT2D eigenvalue weighted by atomic mass is 32.1. The van der Waals surface area contributed by atoms with Gasteiger partial charge in [0.25, 0.3) is 5.91 Å². The van der Waals surface area contributed by atoms with Gasteiger partial charge in [-0.05, 0) is 36.1 Å². The van der Waals surface area contributed by atoms with E-state index in [-0.39, 0.29) is 5.69 Å². The first-order valence-electron chi connectivity index (χ1n) is 9.74. The zero-order chi connectivity index (χ0) is 22.5. The van der Waals surface area contributed by atoms with Crippen LogP contribution in [-0.2, 0) is 9.53 Å². The van der Waals surface area contributed by atoms with Gasteiger partial charge in [0.05, 0.1) is 12.8 Å². The van der Waals surface area contributed by atoms with E-state index in [2.05, 4.69) is 10.3 Å². The van der Waals surface area contributed by atoms with Gasteiger partial charge in [0, 0.05) is 21.9 Å². The summed E-state index contributed by atoms with van der Waals surface area (Å²) in [5.41, 5.74) is 3.12. The molecule has 4 aromatic rings. The first kappa shape index (κ1) is 21.7. The average molecular weight is 465 g/mol. The van der Waals surface area contributed by atoms with Crippen LogP contribution in [-0.4, -0.2) is 24.0 Å². The molecule has 0 aliphatic rings. The molecule has 2 aromatic carbocycles. The maximum absolute atomic E-state index is 13.2. The topological polar surface area (TPSA) is 77.5 Å². The Morgan fingerprint density at radius 3 is 2.59 bits per heavy atom. The van der Waals surface area contributed by atoms with Crippen molar-refractivity contribution >= 4 is 40.2 Å². The average Bonchev–Trinajstić information content (AvgIpc) is 3.50. The van der Waals surface area contributed by atoms with Crippen molar-refractivity contribution in [2.24, 2.45) is 0 Å². The van der Waals surface area contributed by atoms with Gasteiger partial charge in [-0.15, -0.1) is 11.3 Å². The maximum atomic E-state index is 13.2. The standard InChI is InChI=1S/C24H20N2O4S2/c1-15-8-9-20(29-2)18(12-15)25-22(27)21(16-6-4-3-5-7-16)30-24(28)19-14-32-23(26-19)17-10-11-31-13-17/h3-14,21H,1-2H3,(H,25,27)/t21-/m1/s1. The zero-order valence-corrected chi connectivity index (χ0v) is 19.0. The summed E-state index contributed by atoms with van der Waals surface area (Å²) in [6.45, 7) is 1.91. The van der Waals surface area contributed by atoms with Crippen molar-refractivity contribution in [3.8, 4) is 16.3 Å². The molecule has 32 heavy (non-hydrogen) atoms. The molecular formula is C24H20N2O4S2. The number of nitrogens with one attached hydrogen (secondary N) is 1. The predicted molar refractivity (Wildman–Crippen MR) is 126 cm³/mol. The Morgan fingerprint density at radius 2 is 1.88 bits per heavy atom. The lowest BCUT2D eigenvalue weighted by Crippen LogP contribution is -2.26. The van der Waals surface area contributed by atoms with Gasteiger partial charge in [0.15, 0.2) is 5.69 Å². The summed E-state index contributed by atoms with van der Waals surface area (Å²) in [7, 11) is 1.53. The molecule has 0 aliphatic carbocycles. The first-order valence-corrected chi connectivity index (χ1v) is 11.6. The lowest BCUT2D eigenvalue weighted by molar-refractivity contribution is -0.125. The van der Waals surface area contributed by atoms with Gasteiger partial charge in [-0.25, -0.2) is 9.78 Å². The lowest BCUT2D eigenvalue weighted by atomic mass is 10.1. The predicted octanol–water partition coefficient (Wildman–Crippen LogP) is 5.73. The van der Waals surface area contributed by atoms with Gasteiger partial charge < -0.3 is 14.8 Å². The Bertz CT molecular complexity index is 1220. The smallest absolute Gasteiger partial charge is 0.358 e. The van der Waals surface area contributed by atoms with Crippen LogP contribution in [0.4, 0.5) is 5.69 Å². The molecule has 8 heteroatoms. The van der Waals surface area contributed by atoms with Crippen LogP contribution in [0.15, 0.2) is 70.7 Å². The molecular weight excluding hydrogens is 444 g/mol. The molecule has 4 rings (SSSR count). The molecule has 0 radical (unpaired) electrons. The van der Waals surface area contributed by atoms with Crippen molar-refractivity contribution in [2.45, 2.75) is 13.0 Å². The van der Waals surface area contributed by atoms with Crippen LogP contribution in [0, 0.1) is 6.92 Å². The van der Waals surface area contributed by atoms with Gasteiger partial charge in [-0.2, -0.15) is 11.3 Å². The van der Waals surface area contributed by atoms with Gasteiger partial charge in [0.1, 0.15) is 10.8 Å². The normalized spacial score (nSPS) is 11.6. The number of anilines is 1. The number of nitrogens with zero attached hydrogens (tertiary/aromatic N) is 1. The third kappa shape index (κ3) is 4.87. The summed E-state index contributed by atoms with van der Waals surface area (Å²) < 4.78 is 11.0. The second-order valence-corrected chi connectivity index (χ2v) is 8.58. The van der Waals surface area contributed by atoms with Crippen molar-refractivity contribution < 1.29 is 19.1 Å². The molecule has 0 saturated carbocycles. The SMILES string of the molecule is COc1ccc(C)cc1NC(=O)[C@H](OC(=O)c1csc(-c2ccsc2)n1)c1ccccc1. The minimum absolute atomic E-state index is 0.165. The fourth-order valence-corrected chi connectivity index (χ4v) is 4.57. The zero-order valence-electron chi connectivity index (χ0n) is 17.4. The molecule has 0 saturated heterocycles. The van der Waals surface area contributed by atoms with Gasteiger partial charge in [0.2, 0.25) is 6.10 Å². The monoisotopic (exact) mass is 464 g/mol. The summed E-state index contributed by atoms with van der Waals surface area (Å²) >= 11 is 2.91. The van der Waals surface area contributed by atoms with Crippen LogP contribution in [0.5, 0.6) is 5.75 Å². The van der Waals surface area contributed by atoms with E-state index in [1.807, 2.05) is 35.9 Å². The second kappa shape index (κ2) is 9.76. The van der Waals surface area contributed by atoms with E-state index in [0.717, 1.165) is 16.1 Å². The van der Waals surface area contributed by atoms with Crippen LogP contribution in [0.2, 0.25) is 0 Å². The van der Waals surface area contributed by atoms with Crippen LogP contribution in [0.3, 0.4) is 0 Å². The number of aryl methyl sites for hydroxylation is 1. The van der Waals surface area contributed by atoms with E-state index in [1.165, 1.54) is 18.4 Å². The molecule has 0 aliphatic heterocycles. The first-order chi connectivity index (χ1) is 15.5. The lowest BCUT2D eigenvalue weighted by Gasteiger charge is -2.19. The third-order valence-electron chi connectivity index (χ3n) is 4.66. The highest BCUT2D eigenvalue weighted by Gasteiger charge is 2.27. The number of ether oxygens (including phenoxy) is 2. The van der Waals surface area contributed by atoms with E-state index in [1.54, 1.807) is 53.1 Å². The fourth-order valence-electron chi connectivity index (χ4n) is 3.07. The number of esters is 1. The Morgan fingerprint density at radius 1 is 1.06 bits per heavy atom. The third-order valence-corrected chi connectivity index (χ3v) is 6.23. The number of thiazole rings is 1. The van der Waals surface area contributed by atoms with Gasteiger partial charge in [-0.1, -0.05) is 36.4 Å². The summed E-state index contributed by atoms with van der Waals surface area (Å²) in [6.07, 6.45) is -1.15. The molecule has 6 nitrogen and oxygen atoms in total. The van der Waals surface area contributed by atoms with E-state index in [9.17, 15) is 9.59 Å². The van der Waals surface area contributed by atoms with E-state index in [4.69, 9.17) is 9.47 Å². The van der Waals surface area contributed by atoms with Crippen LogP contribution >= 0.6 is 22.7 Å². The van der Waals surface area contributed by atoms with Crippen molar-refractivity contribution in [3.63, 3.8) is 0 Å². The van der Waals surface area contributed by atoms with Crippen LogP contribution in [0.1, 0.15) is 27.7 Å². The number of benzene rings is 2. The number of hydrogen-bond donors (Lipinski definition) is 1. The molecule has 0 bridgehead atoms. The summed E-state index contributed by atoms with van der Waals surface area (Å²) in [5, 5.41) is 9.10. The molecule has 1 amide bonds. The van der Waals surface area contributed by atoms with Gasteiger partial charge in [-0.3, -0.25) is 4.79 Å². The van der Waals surface area contributed by atoms with Gasteiger partial charge >= 0.3 is 5.97 Å². The Balaban J connectivity index is 1.58. The molecule has 0 unspecified atom stereocenters. The minimum Gasteiger partial charge on any atom is -0.495 e. The fraction of sp³-hybridized carbons (Fsp3) is 0.125. The van der Waals surface area contributed by atoms with Crippen molar-refractivity contribution in [3.05, 3.63) is 87.6 Å². The van der Waals surface area contributed by atoms with E-state index >= 15 is 0 Å². The number of aromatic nitrogens is 1. The van der Waals surface area contributed by atoms with Crippen molar-refractivity contribution in [2.75, 3.05) is 12.4 Å².